The van der Waals surface area contributed by atoms with Crippen LogP contribution in [0.5, 0.6) is 0 Å². The van der Waals surface area contributed by atoms with Crippen molar-refractivity contribution in [2.75, 3.05) is 0 Å². The SMILES string of the molecule is CCn1cc(C(O)c2c(C)noc2-c2ccc(F)cc2Br)cn1. The maximum Gasteiger partial charge on any atom is 0.174 e. The van der Waals surface area contributed by atoms with E-state index in [1.165, 1.54) is 12.1 Å². The third kappa shape index (κ3) is 2.94. The summed E-state index contributed by atoms with van der Waals surface area (Å²) in [5.41, 5.74) is 2.41. The van der Waals surface area contributed by atoms with Crippen LogP contribution >= 0.6 is 15.9 Å². The van der Waals surface area contributed by atoms with Crippen molar-refractivity contribution in [3.8, 4) is 11.3 Å². The van der Waals surface area contributed by atoms with Crippen molar-refractivity contribution in [2.24, 2.45) is 0 Å². The minimum Gasteiger partial charge on any atom is -0.383 e. The van der Waals surface area contributed by atoms with E-state index in [1.54, 1.807) is 30.1 Å². The molecule has 0 saturated carbocycles. The van der Waals surface area contributed by atoms with Gasteiger partial charge in [-0.2, -0.15) is 5.10 Å². The smallest absolute Gasteiger partial charge is 0.174 e. The number of hydrogen-bond acceptors (Lipinski definition) is 4. The molecule has 120 valence electrons. The highest BCUT2D eigenvalue weighted by Crippen LogP contribution is 2.37. The van der Waals surface area contributed by atoms with Gasteiger partial charge >= 0.3 is 0 Å². The van der Waals surface area contributed by atoms with Gasteiger partial charge in [-0.15, -0.1) is 0 Å². The Balaban J connectivity index is 2.08. The van der Waals surface area contributed by atoms with Crippen molar-refractivity contribution in [3.05, 3.63) is 57.7 Å². The van der Waals surface area contributed by atoms with E-state index >= 15 is 0 Å². The monoisotopic (exact) mass is 379 g/mol. The van der Waals surface area contributed by atoms with Gasteiger partial charge in [-0.05, 0) is 48.0 Å². The zero-order chi connectivity index (χ0) is 16.6. The lowest BCUT2D eigenvalue weighted by atomic mass is 9.99. The maximum absolute atomic E-state index is 13.3. The van der Waals surface area contributed by atoms with Crippen LogP contribution in [0, 0.1) is 12.7 Å². The summed E-state index contributed by atoms with van der Waals surface area (Å²) in [6, 6.07) is 4.27. The molecule has 2 heterocycles. The van der Waals surface area contributed by atoms with Crippen molar-refractivity contribution >= 4 is 15.9 Å². The molecule has 3 rings (SSSR count). The highest BCUT2D eigenvalue weighted by Gasteiger charge is 2.25. The Morgan fingerprint density at radius 2 is 2.22 bits per heavy atom. The zero-order valence-corrected chi connectivity index (χ0v) is 14.2. The summed E-state index contributed by atoms with van der Waals surface area (Å²) in [4.78, 5) is 0. The van der Waals surface area contributed by atoms with Crippen molar-refractivity contribution in [3.63, 3.8) is 0 Å². The molecule has 0 spiro atoms. The fourth-order valence-corrected chi connectivity index (χ4v) is 2.96. The number of nitrogens with zero attached hydrogens (tertiary/aromatic N) is 3. The van der Waals surface area contributed by atoms with Crippen LogP contribution in [0.3, 0.4) is 0 Å². The average molecular weight is 380 g/mol. The molecule has 0 bridgehead atoms. The molecule has 0 aliphatic carbocycles. The second-order valence-corrected chi connectivity index (χ2v) is 6.02. The Morgan fingerprint density at radius 3 is 2.87 bits per heavy atom. The lowest BCUT2D eigenvalue weighted by Crippen LogP contribution is -2.01. The molecule has 5 nitrogen and oxygen atoms in total. The van der Waals surface area contributed by atoms with E-state index in [9.17, 15) is 9.50 Å². The summed E-state index contributed by atoms with van der Waals surface area (Å²) in [6.07, 6.45) is 2.47. The van der Waals surface area contributed by atoms with Crippen LogP contribution in [0.2, 0.25) is 0 Å². The van der Waals surface area contributed by atoms with Gasteiger partial charge in [-0.3, -0.25) is 4.68 Å². The van der Waals surface area contributed by atoms with E-state index in [4.69, 9.17) is 4.52 Å². The number of aliphatic hydroxyl groups excluding tert-OH is 1. The zero-order valence-electron chi connectivity index (χ0n) is 12.6. The molecule has 23 heavy (non-hydrogen) atoms. The minimum atomic E-state index is -0.923. The fraction of sp³-hybridized carbons (Fsp3) is 0.250. The molecule has 2 aromatic heterocycles. The molecule has 1 aromatic carbocycles. The predicted octanol–water partition coefficient (Wildman–Crippen LogP) is 3.85. The van der Waals surface area contributed by atoms with Crippen molar-refractivity contribution < 1.29 is 14.0 Å². The lowest BCUT2D eigenvalue weighted by molar-refractivity contribution is 0.219. The van der Waals surface area contributed by atoms with E-state index < -0.39 is 6.10 Å². The molecule has 7 heteroatoms. The quantitative estimate of drug-likeness (QED) is 0.747. The molecule has 0 amide bonds. The summed E-state index contributed by atoms with van der Waals surface area (Å²) in [5.74, 6) is 0.0503. The van der Waals surface area contributed by atoms with Crippen LogP contribution in [-0.2, 0) is 6.54 Å². The Hall–Kier alpha value is -1.99. The summed E-state index contributed by atoms with van der Waals surface area (Å²) in [7, 11) is 0. The molecule has 0 fully saturated rings. The molecular formula is C16H15BrFN3O2. The Kier molecular flexibility index (Phi) is 4.32. The largest absolute Gasteiger partial charge is 0.383 e. The van der Waals surface area contributed by atoms with Crippen LogP contribution in [-0.4, -0.2) is 20.0 Å². The van der Waals surface area contributed by atoms with Gasteiger partial charge < -0.3 is 9.63 Å². The second-order valence-electron chi connectivity index (χ2n) is 5.17. The van der Waals surface area contributed by atoms with Crippen LogP contribution in [0.4, 0.5) is 4.39 Å². The Morgan fingerprint density at radius 1 is 1.43 bits per heavy atom. The highest BCUT2D eigenvalue weighted by molar-refractivity contribution is 9.10. The third-order valence-electron chi connectivity index (χ3n) is 3.65. The number of aromatic nitrogens is 3. The first-order chi connectivity index (χ1) is 11.0. The summed E-state index contributed by atoms with van der Waals surface area (Å²) >= 11 is 3.32. The highest BCUT2D eigenvalue weighted by atomic mass is 79.9. The molecule has 0 saturated heterocycles. The topological polar surface area (TPSA) is 64.1 Å². The van der Waals surface area contributed by atoms with Crippen LogP contribution in [0.1, 0.15) is 29.8 Å². The second kappa shape index (κ2) is 6.25. The first-order valence-electron chi connectivity index (χ1n) is 7.13. The average Bonchev–Trinajstić information content (AvgIpc) is 3.13. The summed E-state index contributed by atoms with van der Waals surface area (Å²) < 4.78 is 21.0. The molecule has 3 aromatic rings. The molecule has 0 aliphatic rings. The van der Waals surface area contributed by atoms with Gasteiger partial charge in [0, 0.05) is 28.3 Å². The van der Waals surface area contributed by atoms with Crippen molar-refractivity contribution in [2.45, 2.75) is 26.5 Å². The van der Waals surface area contributed by atoms with Gasteiger partial charge in [-0.25, -0.2) is 4.39 Å². The van der Waals surface area contributed by atoms with E-state index in [0.29, 0.717) is 39.2 Å². The van der Waals surface area contributed by atoms with E-state index in [1.807, 2.05) is 6.92 Å². The van der Waals surface area contributed by atoms with E-state index in [0.717, 1.165) is 0 Å². The van der Waals surface area contributed by atoms with Crippen molar-refractivity contribution in [1.82, 2.24) is 14.9 Å². The molecule has 1 unspecified atom stereocenters. The Bertz CT molecular complexity index is 844. The first-order valence-corrected chi connectivity index (χ1v) is 7.92. The van der Waals surface area contributed by atoms with Gasteiger partial charge in [0.05, 0.1) is 17.5 Å². The number of hydrogen-bond donors (Lipinski definition) is 1. The maximum atomic E-state index is 13.3. The number of aryl methyl sites for hydroxylation is 2. The van der Waals surface area contributed by atoms with Gasteiger partial charge in [0.15, 0.2) is 5.76 Å². The van der Waals surface area contributed by atoms with Gasteiger partial charge in [0.2, 0.25) is 0 Å². The molecule has 0 aliphatic heterocycles. The van der Waals surface area contributed by atoms with E-state index in [-0.39, 0.29) is 5.82 Å². The lowest BCUT2D eigenvalue weighted by Gasteiger charge is -2.10. The molecule has 1 N–H and O–H groups in total. The van der Waals surface area contributed by atoms with Crippen LogP contribution < -0.4 is 0 Å². The summed E-state index contributed by atoms with van der Waals surface area (Å²) in [5, 5.41) is 18.8. The van der Waals surface area contributed by atoms with Gasteiger partial charge in [-0.1, -0.05) is 5.16 Å². The Labute approximate surface area is 140 Å². The standard InChI is InChI=1S/C16H15BrFN3O2/c1-3-21-8-10(7-19-21)15(22)14-9(2)20-23-16(14)12-5-4-11(18)6-13(12)17/h4-8,15,22H,3H2,1-2H3. The van der Waals surface area contributed by atoms with E-state index in [2.05, 4.69) is 26.2 Å². The van der Waals surface area contributed by atoms with Crippen molar-refractivity contribution in [1.29, 1.82) is 0 Å². The number of rotatable bonds is 4. The van der Waals surface area contributed by atoms with Crippen LogP contribution in [0.25, 0.3) is 11.3 Å². The number of benzene rings is 1. The predicted molar refractivity (Wildman–Crippen MR) is 86.3 cm³/mol. The molecule has 0 radical (unpaired) electrons. The van der Waals surface area contributed by atoms with Gasteiger partial charge in [0.1, 0.15) is 11.9 Å². The van der Waals surface area contributed by atoms with Crippen LogP contribution in [0.15, 0.2) is 39.6 Å². The summed E-state index contributed by atoms with van der Waals surface area (Å²) in [6.45, 7) is 4.44. The fourth-order valence-electron chi connectivity index (χ4n) is 2.43. The first kappa shape index (κ1) is 15.9. The number of aliphatic hydroxyl groups is 1. The molecule has 1 atom stereocenters. The third-order valence-corrected chi connectivity index (χ3v) is 4.31. The normalized spacial score (nSPS) is 12.6. The minimum absolute atomic E-state index is 0.358. The van der Waals surface area contributed by atoms with Gasteiger partial charge in [0.25, 0.3) is 0 Å². The molecular weight excluding hydrogens is 365 g/mol. The number of halogens is 2.